The SMILES string of the molecule is Cc1cc(C#N)ccc1C(=O)NC1CC(=O)N(CCN2CCOCC2)C1. The molecule has 2 fully saturated rings. The lowest BCUT2D eigenvalue weighted by Gasteiger charge is -2.28. The number of nitriles is 1. The van der Waals surface area contributed by atoms with Gasteiger partial charge in [0.05, 0.1) is 30.9 Å². The van der Waals surface area contributed by atoms with Gasteiger partial charge in [0.25, 0.3) is 5.91 Å². The fraction of sp³-hybridized carbons (Fsp3) is 0.526. The monoisotopic (exact) mass is 356 g/mol. The number of hydrogen-bond acceptors (Lipinski definition) is 5. The van der Waals surface area contributed by atoms with Gasteiger partial charge in [0, 0.05) is 44.7 Å². The van der Waals surface area contributed by atoms with Crippen LogP contribution in [0.15, 0.2) is 18.2 Å². The van der Waals surface area contributed by atoms with Crippen LogP contribution in [-0.4, -0.2) is 73.6 Å². The number of benzene rings is 1. The van der Waals surface area contributed by atoms with Gasteiger partial charge in [0.1, 0.15) is 0 Å². The van der Waals surface area contributed by atoms with Crippen LogP contribution in [0.1, 0.15) is 27.9 Å². The van der Waals surface area contributed by atoms with E-state index in [1.54, 1.807) is 18.2 Å². The molecule has 0 radical (unpaired) electrons. The Kier molecular flexibility index (Phi) is 5.86. The van der Waals surface area contributed by atoms with E-state index in [-0.39, 0.29) is 17.9 Å². The molecule has 7 heteroatoms. The van der Waals surface area contributed by atoms with Crippen molar-refractivity contribution in [2.45, 2.75) is 19.4 Å². The summed E-state index contributed by atoms with van der Waals surface area (Å²) in [5, 5.41) is 11.9. The fourth-order valence-corrected chi connectivity index (χ4v) is 3.42. The second-order valence-electron chi connectivity index (χ2n) is 6.81. The number of nitrogens with zero attached hydrogens (tertiary/aromatic N) is 3. The van der Waals surface area contributed by atoms with Gasteiger partial charge < -0.3 is 15.0 Å². The number of amides is 2. The van der Waals surface area contributed by atoms with Gasteiger partial charge in [-0.15, -0.1) is 0 Å². The molecular formula is C19H24N4O3. The maximum Gasteiger partial charge on any atom is 0.251 e. The van der Waals surface area contributed by atoms with Gasteiger partial charge >= 0.3 is 0 Å². The Bertz CT molecular complexity index is 722. The van der Waals surface area contributed by atoms with Gasteiger partial charge in [-0.2, -0.15) is 5.26 Å². The molecule has 0 spiro atoms. The van der Waals surface area contributed by atoms with Gasteiger partial charge in [-0.1, -0.05) is 0 Å². The van der Waals surface area contributed by atoms with Crippen molar-refractivity contribution in [3.8, 4) is 6.07 Å². The summed E-state index contributed by atoms with van der Waals surface area (Å²) < 4.78 is 5.33. The highest BCUT2D eigenvalue weighted by molar-refractivity contribution is 5.96. The van der Waals surface area contributed by atoms with Crippen molar-refractivity contribution in [1.29, 1.82) is 5.26 Å². The number of rotatable bonds is 5. The smallest absolute Gasteiger partial charge is 0.251 e. The summed E-state index contributed by atoms with van der Waals surface area (Å²) >= 11 is 0. The Morgan fingerprint density at radius 3 is 2.81 bits per heavy atom. The van der Waals surface area contributed by atoms with E-state index in [2.05, 4.69) is 16.3 Å². The van der Waals surface area contributed by atoms with Crippen LogP contribution in [0, 0.1) is 18.3 Å². The Labute approximate surface area is 153 Å². The number of morpholine rings is 1. The second kappa shape index (κ2) is 8.30. The Morgan fingerprint density at radius 2 is 2.12 bits per heavy atom. The molecule has 1 aromatic carbocycles. The van der Waals surface area contributed by atoms with Crippen molar-refractivity contribution < 1.29 is 14.3 Å². The third-order valence-electron chi connectivity index (χ3n) is 4.94. The summed E-state index contributed by atoms with van der Waals surface area (Å²) in [6, 6.07) is 6.89. The minimum Gasteiger partial charge on any atom is -0.379 e. The van der Waals surface area contributed by atoms with Gasteiger partial charge in [-0.3, -0.25) is 14.5 Å². The summed E-state index contributed by atoms with van der Waals surface area (Å²) in [4.78, 5) is 28.8. The Hall–Kier alpha value is -2.43. The molecule has 26 heavy (non-hydrogen) atoms. The topological polar surface area (TPSA) is 85.7 Å². The molecule has 1 N–H and O–H groups in total. The third-order valence-corrected chi connectivity index (χ3v) is 4.94. The lowest BCUT2D eigenvalue weighted by Crippen LogP contribution is -2.42. The van der Waals surface area contributed by atoms with Crippen LogP contribution in [0.4, 0.5) is 0 Å². The molecule has 1 atom stereocenters. The highest BCUT2D eigenvalue weighted by Crippen LogP contribution is 2.15. The normalized spacial score (nSPS) is 20.8. The van der Waals surface area contributed by atoms with E-state index in [0.29, 0.717) is 30.6 Å². The van der Waals surface area contributed by atoms with Crippen molar-refractivity contribution in [3.05, 3.63) is 34.9 Å². The number of nitrogens with one attached hydrogen (secondary N) is 1. The second-order valence-corrected chi connectivity index (χ2v) is 6.81. The summed E-state index contributed by atoms with van der Waals surface area (Å²) in [5.41, 5.74) is 1.84. The molecule has 1 unspecified atom stereocenters. The van der Waals surface area contributed by atoms with E-state index in [0.717, 1.165) is 38.4 Å². The molecule has 0 aliphatic carbocycles. The van der Waals surface area contributed by atoms with Crippen molar-refractivity contribution in [3.63, 3.8) is 0 Å². The molecule has 2 saturated heterocycles. The molecular weight excluding hydrogens is 332 g/mol. The van der Waals surface area contributed by atoms with Crippen molar-refractivity contribution >= 4 is 11.8 Å². The maximum absolute atomic E-state index is 12.5. The first-order valence-corrected chi connectivity index (χ1v) is 8.96. The molecule has 2 heterocycles. The van der Waals surface area contributed by atoms with E-state index < -0.39 is 0 Å². The Morgan fingerprint density at radius 1 is 1.35 bits per heavy atom. The van der Waals surface area contributed by atoms with E-state index in [4.69, 9.17) is 10.00 Å². The zero-order chi connectivity index (χ0) is 18.5. The zero-order valence-corrected chi connectivity index (χ0v) is 15.0. The molecule has 2 amide bonds. The fourth-order valence-electron chi connectivity index (χ4n) is 3.42. The van der Waals surface area contributed by atoms with E-state index in [1.807, 2.05) is 11.8 Å². The highest BCUT2D eigenvalue weighted by Gasteiger charge is 2.31. The van der Waals surface area contributed by atoms with Gasteiger partial charge in [-0.05, 0) is 30.7 Å². The van der Waals surface area contributed by atoms with Crippen molar-refractivity contribution in [2.24, 2.45) is 0 Å². The average Bonchev–Trinajstić information content (AvgIpc) is 2.99. The van der Waals surface area contributed by atoms with E-state index in [1.165, 1.54) is 0 Å². The molecule has 2 aliphatic heterocycles. The maximum atomic E-state index is 12.5. The van der Waals surface area contributed by atoms with Crippen LogP contribution >= 0.6 is 0 Å². The first-order valence-electron chi connectivity index (χ1n) is 8.96. The third kappa shape index (κ3) is 4.40. The minimum absolute atomic E-state index is 0.0834. The largest absolute Gasteiger partial charge is 0.379 e. The van der Waals surface area contributed by atoms with Gasteiger partial charge in [-0.25, -0.2) is 0 Å². The molecule has 3 rings (SSSR count). The van der Waals surface area contributed by atoms with Crippen LogP contribution in [0.3, 0.4) is 0 Å². The van der Waals surface area contributed by atoms with E-state index >= 15 is 0 Å². The first kappa shape index (κ1) is 18.4. The van der Waals surface area contributed by atoms with Crippen LogP contribution in [0.25, 0.3) is 0 Å². The minimum atomic E-state index is -0.195. The Balaban J connectivity index is 1.52. The molecule has 0 aromatic heterocycles. The first-order chi connectivity index (χ1) is 12.6. The van der Waals surface area contributed by atoms with Crippen LogP contribution in [0.2, 0.25) is 0 Å². The summed E-state index contributed by atoms with van der Waals surface area (Å²) in [6.45, 7) is 7.17. The number of hydrogen-bond donors (Lipinski definition) is 1. The molecule has 0 saturated carbocycles. The average molecular weight is 356 g/mol. The quantitative estimate of drug-likeness (QED) is 0.832. The molecule has 0 bridgehead atoms. The van der Waals surface area contributed by atoms with Gasteiger partial charge in [0.15, 0.2) is 0 Å². The lowest BCUT2D eigenvalue weighted by atomic mass is 10.0. The number of ether oxygens (including phenoxy) is 1. The number of likely N-dealkylation sites (tertiary alicyclic amines) is 1. The van der Waals surface area contributed by atoms with Crippen LogP contribution < -0.4 is 5.32 Å². The highest BCUT2D eigenvalue weighted by atomic mass is 16.5. The predicted octanol–water partition coefficient (Wildman–Crippen LogP) is 0.530. The number of aryl methyl sites for hydroxylation is 1. The summed E-state index contributed by atoms with van der Waals surface area (Å²) in [6.07, 6.45) is 0.337. The van der Waals surface area contributed by atoms with Crippen LogP contribution in [0.5, 0.6) is 0 Å². The van der Waals surface area contributed by atoms with Crippen molar-refractivity contribution in [1.82, 2.24) is 15.1 Å². The summed E-state index contributed by atoms with van der Waals surface area (Å²) in [5.74, 6) is -0.111. The van der Waals surface area contributed by atoms with E-state index in [9.17, 15) is 9.59 Å². The molecule has 138 valence electrons. The van der Waals surface area contributed by atoms with Crippen LogP contribution in [-0.2, 0) is 9.53 Å². The zero-order valence-electron chi connectivity index (χ0n) is 15.0. The molecule has 2 aliphatic rings. The number of carbonyl (C=O) groups is 2. The predicted molar refractivity (Wildman–Crippen MR) is 95.6 cm³/mol. The molecule has 1 aromatic rings. The summed E-state index contributed by atoms with van der Waals surface area (Å²) in [7, 11) is 0. The van der Waals surface area contributed by atoms with Crippen molar-refractivity contribution in [2.75, 3.05) is 45.9 Å². The standard InChI is InChI=1S/C19H24N4O3/c1-14-10-15(12-20)2-3-17(14)19(25)21-16-11-18(24)23(13-16)5-4-22-6-8-26-9-7-22/h2-3,10,16H,4-9,11,13H2,1H3,(H,21,25). The lowest BCUT2D eigenvalue weighted by molar-refractivity contribution is -0.128. The molecule has 7 nitrogen and oxygen atoms in total. The van der Waals surface area contributed by atoms with Gasteiger partial charge in [0.2, 0.25) is 5.91 Å². The number of carbonyl (C=O) groups excluding carboxylic acids is 2.